The fraction of sp³-hybridized carbons (Fsp3) is 0.647. The Morgan fingerprint density at radius 1 is 1.23 bits per heavy atom. The van der Waals surface area contributed by atoms with Gasteiger partial charge in [0.05, 0.1) is 6.61 Å². The van der Waals surface area contributed by atoms with Gasteiger partial charge in [0.15, 0.2) is 0 Å². The fourth-order valence-electron chi connectivity index (χ4n) is 2.66. The van der Waals surface area contributed by atoms with Crippen molar-refractivity contribution in [2.45, 2.75) is 13.3 Å². The first-order valence-electron chi connectivity index (χ1n) is 8.93. The van der Waals surface area contributed by atoms with Gasteiger partial charge < -0.3 is 24.8 Å². The number of nitrogens with zero attached hydrogens (tertiary/aromatic N) is 5. The summed E-state index contributed by atoms with van der Waals surface area (Å²) in [6.45, 7) is 6.10. The Kier molecular flexibility index (Phi) is 7.58. The number of rotatable bonds is 7. The minimum atomic E-state index is -0.285. The van der Waals surface area contributed by atoms with Crippen LogP contribution >= 0.6 is 0 Å². The Balaban J connectivity index is 1.87. The zero-order chi connectivity index (χ0) is 18.9. The SMILES string of the molecule is CCOC(=O)N1CCN(c2cc(C(=O)NCCCN(C)C)ncn2)CC1. The van der Waals surface area contributed by atoms with Crippen LogP contribution in [0.25, 0.3) is 0 Å². The lowest BCUT2D eigenvalue weighted by molar-refractivity contribution is 0.0947. The molecule has 0 spiro atoms. The third-order valence-electron chi connectivity index (χ3n) is 4.08. The van der Waals surface area contributed by atoms with Gasteiger partial charge in [0, 0.05) is 38.8 Å². The number of hydrogen-bond acceptors (Lipinski definition) is 7. The number of anilines is 1. The van der Waals surface area contributed by atoms with E-state index in [2.05, 4.69) is 20.2 Å². The highest BCUT2D eigenvalue weighted by Crippen LogP contribution is 2.14. The van der Waals surface area contributed by atoms with E-state index in [4.69, 9.17) is 4.74 Å². The monoisotopic (exact) mass is 364 g/mol. The molecule has 0 bridgehead atoms. The lowest BCUT2D eigenvalue weighted by Gasteiger charge is -2.34. The van der Waals surface area contributed by atoms with Crippen molar-refractivity contribution in [3.63, 3.8) is 0 Å². The molecule has 2 heterocycles. The highest BCUT2D eigenvalue weighted by molar-refractivity contribution is 5.92. The largest absolute Gasteiger partial charge is 0.450 e. The average Bonchev–Trinajstić information content (AvgIpc) is 2.65. The van der Waals surface area contributed by atoms with Gasteiger partial charge >= 0.3 is 6.09 Å². The summed E-state index contributed by atoms with van der Waals surface area (Å²) in [4.78, 5) is 38.1. The van der Waals surface area contributed by atoms with E-state index in [1.54, 1.807) is 17.9 Å². The number of ether oxygens (including phenoxy) is 1. The second-order valence-corrected chi connectivity index (χ2v) is 6.35. The molecule has 26 heavy (non-hydrogen) atoms. The molecule has 0 unspecified atom stereocenters. The molecule has 144 valence electrons. The minimum absolute atomic E-state index is 0.197. The van der Waals surface area contributed by atoms with Crippen molar-refractivity contribution in [1.82, 2.24) is 25.1 Å². The molecule has 9 nitrogen and oxygen atoms in total. The van der Waals surface area contributed by atoms with Crippen LogP contribution in [0.4, 0.5) is 10.6 Å². The molecule has 1 fully saturated rings. The van der Waals surface area contributed by atoms with Crippen LogP contribution in [0.3, 0.4) is 0 Å². The number of amides is 2. The average molecular weight is 364 g/mol. The number of piperazine rings is 1. The molecule has 0 atom stereocenters. The Morgan fingerprint density at radius 3 is 2.62 bits per heavy atom. The molecule has 2 rings (SSSR count). The fourth-order valence-corrected chi connectivity index (χ4v) is 2.66. The molecular weight excluding hydrogens is 336 g/mol. The van der Waals surface area contributed by atoms with Crippen LogP contribution in [0, 0.1) is 0 Å². The number of hydrogen-bond donors (Lipinski definition) is 1. The lowest BCUT2D eigenvalue weighted by Crippen LogP contribution is -2.49. The summed E-state index contributed by atoms with van der Waals surface area (Å²) >= 11 is 0. The summed E-state index contributed by atoms with van der Waals surface area (Å²) in [5.74, 6) is 0.500. The van der Waals surface area contributed by atoms with E-state index in [-0.39, 0.29) is 12.0 Å². The van der Waals surface area contributed by atoms with E-state index < -0.39 is 0 Å². The third kappa shape index (κ3) is 5.83. The van der Waals surface area contributed by atoms with Gasteiger partial charge in [0.2, 0.25) is 0 Å². The Morgan fingerprint density at radius 2 is 1.96 bits per heavy atom. The summed E-state index contributed by atoms with van der Waals surface area (Å²) < 4.78 is 5.02. The van der Waals surface area contributed by atoms with E-state index >= 15 is 0 Å². The Labute approximate surface area is 154 Å². The molecule has 2 amide bonds. The quantitative estimate of drug-likeness (QED) is 0.702. The summed E-state index contributed by atoms with van der Waals surface area (Å²) in [5, 5.41) is 2.88. The van der Waals surface area contributed by atoms with Crippen molar-refractivity contribution in [3.05, 3.63) is 18.1 Å². The van der Waals surface area contributed by atoms with Crippen LogP contribution in [0.15, 0.2) is 12.4 Å². The maximum absolute atomic E-state index is 12.2. The van der Waals surface area contributed by atoms with Crippen LogP contribution in [-0.2, 0) is 4.74 Å². The molecule has 1 aliphatic heterocycles. The van der Waals surface area contributed by atoms with Gasteiger partial charge in [-0.1, -0.05) is 0 Å². The molecule has 0 saturated carbocycles. The Bertz CT molecular complexity index is 602. The van der Waals surface area contributed by atoms with Crippen LogP contribution in [-0.4, -0.2) is 91.7 Å². The highest BCUT2D eigenvalue weighted by Gasteiger charge is 2.23. The molecular formula is C17H28N6O3. The highest BCUT2D eigenvalue weighted by atomic mass is 16.6. The predicted molar refractivity (Wildman–Crippen MR) is 98.3 cm³/mol. The van der Waals surface area contributed by atoms with Gasteiger partial charge in [-0.2, -0.15) is 0 Å². The Hall–Kier alpha value is -2.42. The summed E-state index contributed by atoms with van der Waals surface area (Å²) in [5.41, 5.74) is 0.354. The van der Waals surface area contributed by atoms with Crippen LogP contribution in [0.2, 0.25) is 0 Å². The summed E-state index contributed by atoms with van der Waals surface area (Å²) in [6.07, 6.45) is 2.00. The molecule has 1 N–H and O–H groups in total. The third-order valence-corrected chi connectivity index (χ3v) is 4.08. The van der Waals surface area contributed by atoms with E-state index in [9.17, 15) is 9.59 Å². The zero-order valence-corrected chi connectivity index (χ0v) is 15.8. The van der Waals surface area contributed by atoms with Crippen LogP contribution in [0.5, 0.6) is 0 Å². The predicted octanol–water partition coefficient (Wildman–Crippen LogP) is 0.437. The standard InChI is InChI=1S/C17H28N6O3/c1-4-26-17(25)23-10-8-22(9-11-23)15-12-14(19-13-20-15)16(24)18-6-5-7-21(2)3/h12-13H,4-11H2,1-3H3,(H,18,24). The number of carbonyl (C=O) groups excluding carboxylic acids is 2. The van der Waals surface area contributed by atoms with Crippen LogP contribution < -0.4 is 10.2 Å². The van der Waals surface area contributed by atoms with Crippen molar-refractivity contribution in [2.75, 3.05) is 64.9 Å². The van der Waals surface area contributed by atoms with E-state index in [0.29, 0.717) is 50.8 Å². The van der Waals surface area contributed by atoms with Crippen molar-refractivity contribution in [2.24, 2.45) is 0 Å². The van der Waals surface area contributed by atoms with Crippen molar-refractivity contribution in [3.8, 4) is 0 Å². The molecule has 1 saturated heterocycles. The van der Waals surface area contributed by atoms with Gasteiger partial charge in [-0.25, -0.2) is 14.8 Å². The van der Waals surface area contributed by atoms with Gasteiger partial charge in [0.25, 0.3) is 5.91 Å². The van der Waals surface area contributed by atoms with E-state index in [1.165, 1.54) is 6.33 Å². The van der Waals surface area contributed by atoms with E-state index in [0.717, 1.165) is 13.0 Å². The minimum Gasteiger partial charge on any atom is -0.450 e. The number of nitrogens with one attached hydrogen (secondary N) is 1. The van der Waals surface area contributed by atoms with Gasteiger partial charge in [-0.15, -0.1) is 0 Å². The van der Waals surface area contributed by atoms with Crippen molar-refractivity contribution in [1.29, 1.82) is 0 Å². The van der Waals surface area contributed by atoms with Crippen molar-refractivity contribution < 1.29 is 14.3 Å². The van der Waals surface area contributed by atoms with Gasteiger partial charge in [-0.3, -0.25) is 4.79 Å². The van der Waals surface area contributed by atoms with Gasteiger partial charge in [-0.05, 0) is 34.0 Å². The molecule has 1 aromatic heterocycles. The topological polar surface area (TPSA) is 90.9 Å². The maximum atomic E-state index is 12.2. The first-order chi connectivity index (χ1) is 12.5. The molecule has 1 aromatic rings. The van der Waals surface area contributed by atoms with Crippen LogP contribution in [0.1, 0.15) is 23.8 Å². The maximum Gasteiger partial charge on any atom is 0.409 e. The molecule has 0 radical (unpaired) electrons. The zero-order valence-electron chi connectivity index (χ0n) is 15.8. The molecule has 9 heteroatoms. The number of carbonyl (C=O) groups is 2. The summed E-state index contributed by atoms with van der Waals surface area (Å²) in [6, 6.07) is 1.70. The lowest BCUT2D eigenvalue weighted by atomic mass is 10.3. The second kappa shape index (κ2) is 9.91. The van der Waals surface area contributed by atoms with Crippen molar-refractivity contribution >= 4 is 17.8 Å². The number of aromatic nitrogens is 2. The normalized spacial score (nSPS) is 14.5. The molecule has 0 aliphatic carbocycles. The smallest absolute Gasteiger partial charge is 0.409 e. The summed E-state index contributed by atoms with van der Waals surface area (Å²) in [7, 11) is 4.00. The molecule has 0 aromatic carbocycles. The molecule has 1 aliphatic rings. The van der Waals surface area contributed by atoms with E-state index in [1.807, 2.05) is 19.0 Å². The first kappa shape index (κ1) is 19.9. The van der Waals surface area contributed by atoms with Gasteiger partial charge in [0.1, 0.15) is 17.8 Å². The first-order valence-corrected chi connectivity index (χ1v) is 8.93. The second-order valence-electron chi connectivity index (χ2n) is 6.35.